The third-order valence-electron chi connectivity index (χ3n) is 1.61. The number of aliphatic carboxylic acids is 1. The Kier molecular flexibility index (Phi) is 2.84. The quantitative estimate of drug-likeness (QED) is 0.641. The maximum atomic E-state index is 10.4. The highest BCUT2D eigenvalue weighted by atomic mass is 16.6. The first-order valence-corrected chi connectivity index (χ1v) is 3.70. The zero-order valence-corrected chi connectivity index (χ0v) is 6.45. The SMILES string of the molecule is CCC(OC1COC1)C(=O)O. The highest BCUT2D eigenvalue weighted by Crippen LogP contribution is 2.10. The first-order chi connectivity index (χ1) is 5.24. The molecule has 11 heavy (non-hydrogen) atoms. The fourth-order valence-electron chi connectivity index (χ4n) is 0.854. The number of carboxylic acids is 1. The second-order valence-corrected chi connectivity index (χ2v) is 2.53. The minimum absolute atomic E-state index is 0.00366. The summed E-state index contributed by atoms with van der Waals surface area (Å²) in [5, 5.41) is 8.58. The van der Waals surface area contributed by atoms with Gasteiger partial charge < -0.3 is 14.6 Å². The number of rotatable bonds is 4. The highest BCUT2D eigenvalue weighted by molar-refractivity contribution is 5.72. The van der Waals surface area contributed by atoms with Crippen molar-refractivity contribution in [1.82, 2.24) is 0 Å². The Labute approximate surface area is 65.1 Å². The van der Waals surface area contributed by atoms with E-state index in [1.165, 1.54) is 0 Å². The van der Waals surface area contributed by atoms with Gasteiger partial charge in [-0.25, -0.2) is 4.79 Å². The van der Waals surface area contributed by atoms with Gasteiger partial charge in [-0.1, -0.05) is 6.92 Å². The van der Waals surface area contributed by atoms with Crippen molar-refractivity contribution in [3.8, 4) is 0 Å². The molecular weight excluding hydrogens is 148 g/mol. The van der Waals surface area contributed by atoms with Crippen molar-refractivity contribution in [3.63, 3.8) is 0 Å². The van der Waals surface area contributed by atoms with Gasteiger partial charge in [0.15, 0.2) is 6.10 Å². The summed E-state index contributed by atoms with van der Waals surface area (Å²) in [7, 11) is 0. The van der Waals surface area contributed by atoms with Crippen LogP contribution in [0.2, 0.25) is 0 Å². The van der Waals surface area contributed by atoms with E-state index in [4.69, 9.17) is 14.6 Å². The second-order valence-electron chi connectivity index (χ2n) is 2.53. The smallest absolute Gasteiger partial charge is 0.332 e. The van der Waals surface area contributed by atoms with E-state index in [0.29, 0.717) is 19.6 Å². The highest BCUT2D eigenvalue weighted by Gasteiger charge is 2.26. The molecule has 0 aromatic carbocycles. The summed E-state index contributed by atoms with van der Waals surface area (Å²) < 4.78 is 10.0. The molecule has 0 aliphatic carbocycles. The van der Waals surface area contributed by atoms with E-state index in [9.17, 15) is 4.79 Å². The van der Waals surface area contributed by atoms with Crippen LogP contribution in [-0.2, 0) is 14.3 Å². The molecule has 0 aromatic rings. The van der Waals surface area contributed by atoms with Gasteiger partial charge in [0.2, 0.25) is 0 Å². The molecule has 1 aliphatic heterocycles. The Morgan fingerprint density at radius 1 is 1.82 bits per heavy atom. The third-order valence-corrected chi connectivity index (χ3v) is 1.61. The topological polar surface area (TPSA) is 55.8 Å². The minimum Gasteiger partial charge on any atom is -0.479 e. The maximum absolute atomic E-state index is 10.4. The van der Waals surface area contributed by atoms with Crippen molar-refractivity contribution in [2.75, 3.05) is 13.2 Å². The summed E-state index contributed by atoms with van der Waals surface area (Å²) >= 11 is 0. The molecule has 4 heteroatoms. The summed E-state index contributed by atoms with van der Waals surface area (Å²) in [6.45, 7) is 2.85. The van der Waals surface area contributed by atoms with Gasteiger partial charge in [0.1, 0.15) is 6.10 Å². The van der Waals surface area contributed by atoms with E-state index in [0.717, 1.165) is 0 Å². The zero-order valence-electron chi connectivity index (χ0n) is 6.45. The molecule has 1 atom stereocenters. The Bertz CT molecular complexity index is 141. The van der Waals surface area contributed by atoms with Crippen LogP contribution in [0, 0.1) is 0 Å². The van der Waals surface area contributed by atoms with Gasteiger partial charge in [-0.3, -0.25) is 0 Å². The first-order valence-electron chi connectivity index (χ1n) is 3.70. The lowest BCUT2D eigenvalue weighted by atomic mass is 10.2. The lowest BCUT2D eigenvalue weighted by Crippen LogP contribution is -2.41. The molecule has 1 saturated heterocycles. The van der Waals surface area contributed by atoms with Crippen molar-refractivity contribution >= 4 is 5.97 Å². The molecule has 1 unspecified atom stereocenters. The standard InChI is InChI=1S/C7H12O4/c1-2-6(7(8)9)11-5-3-10-4-5/h5-6H,2-4H2,1H3,(H,8,9). The van der Waals surface area contributed by atoms with Gasteiger partial charge in [0.05, 0.1) is 13.2 Å². The van der Waals surface area contributed by atoms with E-state index < -0.39 is 12.1 Å². The summed E-state index contributed by atoms with van der Waals surface area (Å²) in [5.74, 6) is -0.889. The van der Waals surface area contributed by atoms with E-state index in [1.807, 2.05) is 0 Å². The predicted octanol–water partition coefficient (Wildman–Crippen LogP) is 0.265. The van der Waals surface area contributed by atoms with Crippen molar-refractivity contribution in [2.24, 2.45) is 0 Å². The van der Waals surface area contributed by atoms with Gasteiger partial charge in [-0.15, -0.1) is 0 Å². The van der Waals surface area contributed by atoms with Crippen LogP contribution in [0.15, 0.2) is 0 Å². The molecule has 0 saturated carbocycles. The van der Waals surface area contributed by atoms with Gasteiger partial charge in [-0.05, 0) is 6.42 Å². The average molecular weight is 160 g/mol. The molecule has 0 aromatic heterocycles. The van der Waals surface area contributed by atoms with Crippen molar-refractivity contribution < 1.29 is 19.4 Å². The van der Waals surface area contributed by atoms with E-state index in [1.54, 1.807) is 6.92 Å². The second kappa shape index (κ2) is 3.69. The molecule has 0 bridgehead atoms. The van der Waals surface area contributed by atoms with Crippen molar-refractivity contribution in [2.45, 2.75) is 25.6 Å². The van der Waals surface area contributed by atoms with Crippen LogP contribution in [-0.4, -0.2) is 36.5 Å². The van der Waals surface area contributed by atoms with Crippen LogP contribution in [0.3, 0.4) is 0 Å². The molecule has 1 N–H and O–H groups in total. The number of ether oxygens (including phenoxy) is 2. The van der Waals surface area contributed by atoms with E-state index in [-0.39, 0.29) is 6.10 Å². The van der Waals surface area contributed by atoms with Crippen LogP contribution in [0.1, 0.15) is 13.3 Å². The Morgan fingerprint density at radius 3 is 2.73 bits per heavy atom. The summed E-state index contributed by atoms with van der Waals surface area (Å²) in [6.07, 6.45) is -0.161. The fourth-order valence-corrected chi connectivity index (χ4v) is 0.854. The normalized spacial score (nSPS) is 20.8. The average Bonchev–Trinajstić information content (AvgIpc) is 1.85. The van der Waals surface area contributed by atoms with Crippen LogP contribution in [0.25, 0.3) is 0 Å². The first kappa shape index (κ1) is 8.49. The van der Waals surface area contributed by atoms with Crippen LogP contribution in [0.5, 0.6) is 0 Å². The van der Waals surface area contributed by atoms with Crippen molar-refractivity contribution in [1.29, 1.82) is 0 Å². The third kappa shape index (κ3) is 2.17. The predicted molar refractivity (Wildman–Crippen MR) is 37.4 cm³/mol. The van der Waals surface area contributed by atoms with Crippen LogP contribution < -0.4 is 0 Å². The van der Waals surface area contributed by atoms with Gasteiger partial charge in [0, 0.05) is 0 Å². The number of carbonyl (C=O) groups is 1. The summed E-state index contributed by atoms with van der Waals surface area (Å²) in [6, 6.07) is 0. The molecule has 4 nitrogen and oxygen atoms in total. The molecule has 0 spiro atoms. The molecule has 1 aliphatic rings. The summed E-state index contributed by atoms with van der Waals surface area (Å²) in [5.41, 5.74) is 0. The Balaban J connectivity index is 2.24. The Morgan fingerprint density at radius 2 is 2.45 bits per heavy atom. The van der Waals surface area contributed by atoms with Crippen molar-refractivity contribution in [3.05, 3.63) is 0 Å². The summed E-state index contributed by atoms with van der Waals surface area (Å²) in [4.78, 5) is 10.4. The Hall–Kier alpha value is -0.610. The monoisotopic (exact) mass is 160 g/mol. The van der Waals surface area contributed by atoms with E-state index in [2.05, 4.69) is 0 Å². The maximum Gasteiger partial charge on any atom is 0.332 e. The lowest BCUT2D eigenvalue weighted by Gasteiger charge is -2.28. The molecule has 0 radical (unpaired) electrons. The minimum atomic E-state index is -0.889. The van der Waals surface area contributed by atoms with Gasteiger partial charge in [0.25, 0.3) is 0 Å². The van der Waals surface area contributed by atoms with E-state index >= 15 is 0 Å². The molecule has 1 heterocycles. The number of hydrogen-bond acceptors (Lipinski definition) is 3. The molecule has 64 valence electrons. The van der Waals surface area contributed by atoms with Gasteiger partial charge in [-0.2, -0.15) is 0 Å². The van der Waals surface area contributed by atoms with Crippen LogP contribution in [0.4, 0.5) is 0 Å². The van der Waals surface area contributed by atoms with Gasteiger partial charge >= 0.3 is 5.97 Å². The zero-order chi connectivity index (χ0) is 8.27. The lowest BCUT2D eigenvalue weighted by molar-refractivity contribution is -0.179. The molecule has 1 rings (SSSR count). The molecule has 0 amide bonds. The van der Waals surface area contributed by atoms with Crippen LogP contribution >= 0.6 is 0 Å². The molecular formula is C7H12O4. The fraction of sp³-hybridized carbons (Fsp3) is 0.857. The molecule has 1 fully saturated rings. The number of hydrogen-bond donors (Lipinski definition) is 1. The number of carboxylic acid groups (broad SMARTS) is 1. The largest absolute Gasteiger partial charge is 0.479 e.